The lowest BCUT2D eigenvalue weighted by molar-refractivity contribution is -0.137. The van der Waals surface area contributed by atoms with Gasteiger partial charge < -0.3 is 10.0 Å². The van der Waals surface area contributed by atoms with E-state index >= 15 is 0 Å². The average Bonchev–Trinajstić information content (AvgIpc) is 2.85. The molecule has 0 aliphatic carbocycles. The first-order chi connectivity index (χ1) is 11.4. The molecule has 1 aromatic carbocycles. The van der Waals surface area contributed by atoms with Crippen LogP contribution < -0.4 is 0 Å². The van der Waals surface area contributed by atoms with Crippen LogP contribution in [0.15, 0.2) is 35.4 Å². The minimum atomic E-state index is -1.11. The molecule has 1 amide bonds. The second-order valence-corrected chi connectivity index (χ2v) is 6.44. The highest BCUT2D eigenvalue weighted by atomic mass is 32.2. The number of aliphatic carboxylic acids is 1. The molecule has 5 nitrogen and oxygen atoms in total. The maximum Gasteiger partial charge on any atom is 0.308 e. The van der Waals surface area contributed by atoms with Gasteiger partial charge in [-0.25, -0.2) is 0 Å². The summed E-state index contributed by atoms with van der Waals surface area (Å²) < 4.78 is 0. The fourth-order valence-corrected chi connectivity index (χ4v) is 3.86. The van der Waals surface area contributed by atoms with E-state index in [-0.39, 0.29) is 17.3 Å². The number of amides is 1. The Bertz CT molecular complexity index is 693. The van der Waals surface area contributed by atoms with E-state index in [1.54, 1.807) is 17.0 Å². The third-order valence-corrected chi connectivity index (χ3v) is 5.07. The normalized spacial score (nSPS) is 17.5. The number of hydrogen-bond donors (Lipinski definition) is 1. The molecule has 128 valence electrons. The minimum Gasteiger partial charge on any atom is -0.481 e. The third-order valence-electron chi connectivity index (χ3n) is 4.14. The van der Waals surface area contributed by atoms with Crippen LogP contribution in [0.5, 0.6) is 0 Å². The molecular weight excluding hydrogens is 326 g/mol. The molecular formula is C18H21NO4S. The van der Waals surface area contributed by atoms with Gasteiger partial charge in [-0.05, 0) is 25.2 Å². The molecule has 24 heavy (non-hydrogen) atoms. The largest absolute Gasteiger partial charge is 0.481 e. The first-order valence-electron chi connectivity index (χ1n) is 7.86. The van der Waals surface area contributed by atoms with Gasteiger partial charge in [0.2, 0.25) is 0 Å². The van der Waals surface area contributed by atoms with Crippen LogP contribution in [-0.2, 0) is 16.0 Å². The van der Waals surface area contributed by atoms with Gasteiger partial charge in [0.25, 0.3) is 5.91 Å². The number of carbonyl (C=O) groups excluding carboxylic acids is 2. The van der Waals surface area contributed by atoms with Crippen molar-refractivity contribution in [1.29, 1.82) is 0 Å². The SMILES string of the molecule is CCc1ccc(C(=O)C2=C(CC(=O)O)C(=O)N(CC)C2SC)cc1. The first-order valence-corrected chi connectivity index (χ1v) is 9.15. The summed E-state index contributed by atoms with van der Waals surface area (Å²) in [6, 6.07) is 7.24. The number of hydrogen-bond acceptors (Lipinski definition) is 4. The minimum absolute atomic E-state index is 0.105. The van der Waals surface area contributed by atoms with Gasteiger partial charge in [0.15, 0.2) is 5.78 Å². The quantitative estimate of drug-likeness (QED) is 0.768. The Kier molecular flexibility index (Phi) is 5.83. The van der Waals surface area contributed by atoms with E-state index in [0.29, 0.717) is 17.7 Å². The molecule has 1 aliphatic rings. The maximum absolute atomic E-state index is 13.0. The summed E-state index contributed by atoms with van der Waals surface area (Å²) >= 11 is 1.37. The van der Waals surface area contributed by atoms with E-state index < -0.39 is 17.8 Å². The van der Waals surface area contributed by atoms with Crippen molar-refractivity contribution < 1.29 is 19.5 Å². The van der Waals surface area contributed by atoms with Crippen molar-refractivity contribution >= 4 is 29.4 Å². The molecule has 1 N–H and O–H groups in total. The van der Waals surface area contributed by atoms with Crippen molar-refractivity contribution in [3.05, 3.63) is 46.5 Å². The summed E-state index contributed by atoms with van der Waals surface area (Å²) in [5.41, 5.74) is 2.01. The van der Waals surface area contributed by atoms with Gasteiger partial charge >= 0.3 is 5.97 Å². The van der Waals surface area contributed by atoms with E-state index in [2.05, 4.69) is 0 Å². The Hall–Kier alpha value is -2.08. The van der Waals surface area contributed by atoms with Gasteiger partial charge in [0.05, 0.1) is 6.42 Å². The summed E-state index contributed by atoms with van der Waals surface area (Å²) in [5, 5.41) is 8.69. The Balaban J connectivity index is 2.49. The lowest BCUT2D eigenvalue weighted by atomic mass is 9.97. The van der Waals surface area contributed by atoms with Gasteiger partial charge in [0, 0.05) is 23.3 Å². The third kappa shape index (κ3) is 3.38. The molecule has 0 radical (unpaired) electrons. The Labute approximate surface area is 145 Å². The summed E-state index contributed by atoms with van der Waals surface area (Å²) in [6.07, 6.45) is 2.26. The number of carbonyl (C=O) groups is 3. The van der Waals surface area contributed by atoms with Gasteiger partial charge in [0.1, 0.15) is 5.37 Å². The molecule has 1 aliphatic heterocycles. The Morgan fingerprint density at radius 1 is 1.21 bits per heavy atom. The zero-order valence-corrected chi connectivity index (χ0v) is 14.9. The highest BCUT2D eigenvalue weighted by Crippen LogP contribution is 2.35. The van der Waals surface area contributed by atoms with Gasteiger partial charge in [-0.15, -0.1) is 11.8 Å². The zero-order chi connectivity index (χ0) is 17.9. The fourth-order valence-electron chi connectivity index (χ4n) is 2.87. The lowest BCUT2D eigenvalue weighted by Crippen LogP contribution is -2.34. The predicted molar refractivity (Wildman–Crippen MR) is 94.1 cm³/mol. The summed E-state index contributed by atoms with van der Waals surface area (Å²) in [6.45, 7) is 4.28. The Morgan fingerprint density at radius 2 is 1.83 bits per heavy atom. The van der Waals surface area contributed by atoms with E-state index in [9.17, 15) is 14.4 Å². The molecule has 0 aromatic heterocycles. The van der Waals surface area contributed by atoms with Crippen molar-refractivity contribution in [1.82, 2.24) is 4.90 Å². The van der Waals surface area contributed by atoms with E-state index in [4.69, 9.17) is 5.11 Å². The van der Waals surface area contributed by atoms with Crippen molar-refractivity contribution in [2.45, 2.75) is 32.1 Å². The molecule has 1 aromatic rings. The second-order valence-electron chi connectivity index (χ2n) is 5.52. The van der Waals surface area contributed by atoms with E-state index in [1.807, 2.05) is 32.2 Å². The van der Waals surface area contributed by atoms with E-state index in [0.717, 1.165) is 12.0 Å². The lowest BCUT2D eigenvalue weighted by Gasteiger charge is -2.23. The van der Waals surface area contributed by atoms with Gasteiger partial charge in [-0.3, -0.25) is 14.4 Å². The number of nitrogens with zero attached hydrogens (tertiary/aromatic N) is 1. The molecule has 2 rings (SSSR count). The number of carboxylic acid groups (broad SMARTS) is 1. The molecule has 0 bridgehead atoms. The van der Waals surface area contributed by atoms with E-state index in [1.165, 1.54) is 11.8 Å². The summed E-state index contributed by atoms with van der Waals surface area (Å²) in [4.78, 5) is 38.2. The van der Waals surface area contributed by atoms with Crippen molar-refractivity contribution in [2.75, 3.05) is 12.8 Å². The molecule has 6 heteroatoms. The number of aryl methyl sites for hydroxylation is 1. The van der Waals surface area contributed by atoms with Crippen LogP contribution >= 0.6 is 11.8 Å². The van der Waals surface area contributed by atoms with Gasteiger partial charge in [-0.1, -0.05) is 31.2 Å². The number of Topliss-reactive ketones (excluding diaryl/α,β-unsaturated/α-hetero) is 1. The molecule has 0 saturated heterocycles. The monoisotopic (exact) mass is 347 g/mol. The number of likely N-dealkylation sites (N-methyl/N-ethyl adjacent to an activating group) is 1. The van der Waals surface area contributed by atoms with Crippen LogP contribution in [0, 0.1) is 0 Å². The van der Waals surface area contributed by atoms with Crippen LogP contribution in [0.25, 0.3) is 0 Å². The number of ketones is 1. The highest BCUT2D eigenvalue weighted by Gasteiger charge is 2.41. The van der Waals surface area contributed by atoms with Crippen LogP contribution in [-0.4, -0.2) is 45.8 Å². The van der Waals surface area contributed by atoms with Crippen molar-refractivity contribution in [3.8, 4) is 0 Å². The van der Waals surface area contributed by atoms with Crippen LogP contribution in [0.2, 0.25) is 0 Å². The fraction of sp³-hybridized carbons (Fsp3) is 0.389. The number of carboxylic acids is 1. The zero-order valence-electron chi connectivity index (χ0n) is 14.0. The summed E-state index contributed by atoms with van der Waals surface area (Å²) in [7, 11) is 0. The molecule has 1 heterocycles. The number of rotatable bonds is 7. The predicted octanol–water partition coefficient (Wildman–Crippen LogP) is 2.75. The first kappa shape index (κ1) is 18.3. The number of thioether (sulfide) groups is 1. The molecule has 0 fully saturated rings. The average molecular weight is 347 g/mol. The highest BCUT2D eigenvalue weighted by molar-refractivity contribution is 7.99. The summed E-state index contributed by atoms with van der Waals surface area (Å²) in [5.74, 6) is -1.73. The molecule has 1 unspecified atom stereocenters. The van der Waals surface area contributed by atoms with Crippen LogP contribution in [0.4, 0.5) is 0 Å². The van der Waals surface area contributed by atoms with Crippen molar-refractivity contribution in [3.63, 3.8) is 0 Å². The van der Waals surface area contributed by atoms with Gasteiger partial charge in [-0.2, -0.15) is 0 Å². The van der Waals surface area contributed by atoms with Crippen LogP contribution in [0.1, 0.15) is 36.2 Å². The number of benzene rings is 1. The molecule has 0 saturated carbocycles. The molecule has 1 atom stereocenters. The van der Waals surface area contributed by atoms with Crippen LogP contribution in [0.3, 0.4) is 0 Å². The Morgan fingerprint density at radius 3 is 2.29 bits per heavy atom. The topological polar surface area (TPSA) is 74.7 Å². The standard InChI is InChI=1S/C18H21NO4S/c1-4-11-6-8-12(9-7-11)16(22)15-13(10-14(20)21)17(23)19(5-2)18(15)24-3/h6-9,18H,4-5,10H2,1-3H3,(H,20,21). The smallest absolute Gasteiger partial charge is 0.308 e. The van der Waals surface area contributed by atoms with Crippen molar-refractivity contribution in [2.24, 2.45) is 0 Å². The molecule has 0 spiro atoms. The second kappa shape index (κ2) is 7.66. The maximum atomic E-state index is 13.0.